The summed E-state index contributed by atoms with van der Waals surface area (Å²) in [5.74, 6) is 0.647. The second-order valence-electron chi connectivity index (χ2n) is 24.2. The molecule has 0 unspecified atom stereocenters. The number of aromatic nitrogens is 6. The molecule has 0 spiro atoms. The zero-order chi connectivity index (χ0) is 63.1. The van der Waals surface area contributed by atoms with E-state index in [9.17, 15) is 0 Å². The minimum absolute atomic E-state index is 0.0625. The van der Waals surface area contributed by atoms with Crippen LogP contribution in [0, 0.1) is 0 Å². The first kappa shape index (κ1) is 62.0. The highest BCUT2D eigenvalue weighted by atomic mass is 35.5. The highest BCUT2D eigenvalue weighted by Crippen LogP contribution is 2.39. The summed E-state index contributed by atoms with van der Waals surface area (Å²) in [5, 5.41) is 30.4. The fourth-order valence-electron chi connectivity index (χ4n) is 10.8. The molecule has 18 heteroatoms. The summed E-state index contributed by atoms with van der Waals surface area (Å²) in [4.78, 5) is 27.0. The Balaban J connectivity index is 0.000000142. The van der Waals surface area contributed by atoms with Gasteiger partial charge in [-0.2, -0.15) is 0 Å². The smallest absolute Gasteiger partial charge is 0.423 e. The molecule has 2 N–H and O–H groups in total. The number of fused-ring (bicyclic) bond motifs is 8. The third-order valence-corrected chi connectivity index (χ3v) is 17.7. The predicted molar refractivity (Wildman–Crippen MR) is 370 cm³/mol. The van der Waals surface area contributed by atoms with Gasteiger partial charge in [-0.15, -0.1) is 0 Å². The molecule has 2 fully saturated rings. The van der Waals surface area contributed by atoms with Crippen molar-refractivity contribution in [3.63, 3.8) is 0 Å². The van der Waals surface area contributed by atoms with E-state index in [1.807, 2.05) is 131 Å². The molecule has 15 rings (SSSR count). The summed E-state index contributed by atoms with van der Waals surface area (Å²) in [6, 6.07) is 73.1. The highest BCUT2D eigenvalue weighted by molar-refractivity contribution is 6.62. The standard InChI is InChI=1S/C39H32BN3O2.C15H18BNO2.C14H11BO2.C4HCl3N2/c1-38(2)39(3,4)45-40(44-38)30-13-9-12-28(23-30)35-24-36(34-21-19-26-11-6-8-15-33(26)41-34)43-37(42-35)29-18-20-32-27(22-29)17-16-25-10-5-7-14-31(25)32;1-14(2)15(3,4)19-16(18-14)13-10-9-11-7-5-6-8-12(11)17-13;16-15(17)12-7-8-14-11(9-12)6-5-10-3-1-2-4-13(10)14;5-2-1-3(6)9-4(7)8-2/h5-24H,1-4H3;5-10H,1-4H3;1-9,16-17H;1H. The van der Waals surface area contributed by atoms with Crippen LogP contribution in [0.2, 0.25) is 15.6 Å². The third-order valence-electron chi connectivity index (χ3n) is 17.1. The number of benzene rings is 9. The van der Waals surface area contributed by atoms with E-state index >= 15 is 0 Å². The van der Waals surface area contributed by atoms with Crippen LogP contribution in [-0.4, -0.2) is 83.7 Å². The fourth-order valence-corrected chi connectivity index (χ4v) is 11.5. The van der Waals surface area contributed by atoms with Crippen molar-refractivity contribution in [3.05, 3.63) is 234 Å². The van der Waals surface area contributed by atoms with Gasteiger partial charge in [0.15, 0.2) is 5.82 Å². The number of hydrogen-bond donors (Lipinski definition) is 2. The maximum Gasteiger partial charge on any atom is 0.514 e. The van der Waals surface area contributed by atoms with Crippen molar-refractivity contribution in [2.75, 3.05) is 0 Å². The summed E-state index contributed by atoms with van der Waals surface area (Å²) in [5.41, 5.74) is 6.97. The van der Waals surface area contributed by atoms with E-state index < -0.39 is 32.6 Å². The summed E-state index contributed by atoms with van der Waals surface area (Å²) < 4.78 is 24.8. The van der Waals surface area contributed by atoms with Gasteiger partial charge in [-0.1, -0.05) is 199 Å². The molecule has 0 bridgehead atoms. The van der Waals surface area contributed by atoms with E-state index in [-0.39, 0.29) is 26.8 Å². The van der Waals surface area contributed by atoms with Gasteiger partial charge < -0.3 is 28.7 Å². The summed E-state index contributed by atoms with van der Waals surface area (Å²) in [6.45, 7) is 16.5. The lowest BCUT2D eigenvalue weighted by molar-refractivity contribution is 0.00578. The normalized spacial score (nSPS) is 15.3. The Morgan fingerprint density at radius 3 is 1.42 bits per heavy atom. The molecule has 4 aromatic heterocycles. The van der Waals surface area contributed by atoms with Crippen LogP contribution in [0.4, 0.5) is 0 Å². The summed E-state index contributed by atoms with van der Waals surface area (Å²) in [7, 11) is -2.27. The first-order valence-electron chi connectivity index (χ1n) is 29.5. The zero-order valence-electron chi connectivity index (χ0n) is 50.9. The first-order chi connectivity index (χ1) is 43.1. The van der Waals surface area contributed by atoms with Crippen LogP contribution in [0.1, 0.15) is 55.4 Å². The molecule has 0 atom stereocenters. The van der Waals surface area contributed by atoms with E-state index in [2.05, 4.69) is 146 Å². The van der Waals surface area contributed by atoms with Gasteiger partial charge in [0.05, 0.1) is 56.1 Å². The largest absolute Gasteiger partial charge is 0.514 e. The molecule has 2 aliphatic rings. The van der Waals surface area contributed by atoms with Gasteiger partial charge in [-0.25, -0.2) is 24.9 Å². The number of rotatable bonds is 6. The van der Waals surface area contributed by atoms with E-state index in [1.54, 1.807) is 6.07 Å². The molecule has 446 valence electrons. The Labute approximate surface area is 538 Å². The average Bonchev–Trinajstić information content (AvgIpc) is 1.32. The van der Waals surface area contributed by atoms with Crippen LogP contribution in [0.15, 0.2) is 218 Å². The van der Waals surface area contributed by atoms with E-state index in [1.165, 1.54) is 33.0 Å². The molecule has 2 saturated heterocycles. The molecule has 13 aromatic rings. The van der Waals surface area contributed by atoms with Crippen molar-refractivity contribution >= 4 is 138 Å². The lowest BCUT2D eigenvalue weighted by Crippen LogP contribution is -2.41. The lowest BCUT2D eigenvalue weighted by Gasteiger charge is -2.32. The van der Waals surface area contributed by atoms with Gasteiger partial charge in [-0.05, 0) is 163 Å². The van der Waals surface area contributed by atoms with Gasteiger partial charge in [0.25, 0.3) is 0 Å². The first-order valence-corrected chi connectivity index (χ1v) is 30.7. The molecule has 6 heterocycles. The maximum atomic E-state index is 9.15. The molecule has 0 aliphatic carbocycles. The molecule has 90 heavy (non-hydrogen) atoms. The van der Waals surface area contributed by atoms with Gasteiger partial charge in [0.2, 0.25) is 5.28 Å². The minimum atomic E-state index is -1.41. The highest BCUT2D eigenvalue weighted by Gasteiger charge is 2.53. The number of nitrogens with zero attached hydrogens (tertiary/aromatic N) is 6. The van der Waals surface area contributed by atoms with Crippen LogP contribution in [-0.2, 0) is 18.6 Å². The Hall–Kier alpha value is -8.18. The Morgan fingerprint density at radius 1 is 0.356 bits per heavy atom. The SMILES string of the molecule is CC1(C)OB(c2ccc3ccccc3n2)OC1(C)C.CC1(C)OB(c2cccc(-c3cc(-c4ccc5ccccc5n4)nc(-c4ccc5c(ccc6ccccc65)c4)n3)c2)OC1(C)C.Clc1cc(Cl)nc(Cl)n1.OB(O)c1ccc2c(ccc3ccccc32)c1. The molecular formula is C72H62B3Cl3N6O6. The van der Waals surface area contributed by atoms with Gasteiger partial charge >= 0.3 is 21.4 Å². The number of hydrogen-bond acceptors (Lipinski definition) is 12. The van der Waals surface area contributed by atoms with Crippen molar-refractivity contribution in [1.29, 1.82) is 0 Å². The quantitative estimate of drug-likeness (QED) is 0.0705. The minimum Gasteiger partial charge on any atom is -0.423 e. The van der Waals surface area contributed by atoms with Crippen LogP contribution < -0.4 is 16.5 Å². The van der Waals surface area contributed by atoms with E-state index in [0.29, 0.717) is 11.3 Å². The predicted octanol–water partition coefficient (Wildman–Crippen LogP) is 15.3. The molecule has 0 saturated carbocycles. The van der Waals surface area contributed by atoms with Crippen molar-refractivity contribution in [2.24, 2.45) is 0 Å². The molecule has 9 aromatic carbocycles. The third kappa shape index (κ3) is 13.2. The molecular weight excluding hydrogens is 1180 g/mol. The van der Waals surface area contributed by atoms with Crippen LogP contribution >= 0.6 is 34.8 Å². The second kappa shape index (κ2) is 25.2. The van der Waals surface area contributed by atoms with Crippen LogP contribution in [0.3, 0.4) is 0 Å². The van der Waals surface area contributed by atoms with Crippen LogP contribution in [0.25, 0.3) is 98.9 Å². The van der Waals surface area contributed by atoms with Gasteiger partial charge in [0.1, 0.15) is 10.3 Å². The molecule has 0 radical (unpaired) electrons. The number of pyridine rings is 2. The lowest BCUT2D eigenvalue weighted by atomic mass is 9.78. The Bertz CT molecular complexity index is 4760. The fraction of sp³-hybridized carbons (Fsp3) is 0.167. The topological polar surface area (TPSA) is 155 Å². The van der Waals surface area contributed by atoms with Crippen molar-refractivity contribution < 1.29 is 28.7 Å². The molecule has 0 amide bonds. The summed E-state index contributed by atoms with van der Waals surface area (Å²) in [6.07, 6.45) is 0. The van der Waals surface area contributed by atoms with E-state index in [4.69, 9.17) is 78.4 Å². The number of para-hydroxylation sites is 2. The monoisotopic (exact) mass is 1240 g/mol. The second-order valence-corrected chi connectivity index (χ2v) is 25.3. The maximum absolute atomic E-state index is 9.15. The van der Waals surface area contributed by atoms with Crippen molar-refractivity contribution in [2.45, 2.75) is 77.8 Å². The van der Waals surface area contributed by atoms with E-state index in [0.717, 1.165) is 77.2 Å². The van der Waals surface area contributed by atoms with Crippen molar-refractivity contribution in [3.8, 4) is 34.0 Å². The molecule has 2 aliphatic heterocycles. The Morgan fingerprint density at radius 2 is 0.833 bits per heavy atom. The van der Waals surface area contributed by atoms with Crippen molar-refractivity contribution in [1.82, 2.24) is 29.9 Å². The Kier molecular flexibility index (Phi) is 17.4. The molecule has 12 nitrogen and oxygen atoms in total. The average molecular weight is 1250 g/mol. The summed E-state index contributed by atoms with van der Waals surface area (Å²) >= 11 is 16.2. The number of halogens is 3. The van der Waals surface area contributed by atoms with Crippen LogP contribution in [0.5, 0.6) is 0 Å². The van der Waals surface area contributed by atoms with Gasteiger partial charge in [0, 0.05) is 22.4 Å². The zero-order valence-corrected chi connectivity index (χ0v) is 53.1. The van der Waals surface area contributed by atoms with Gasteiger partial charge in [-0.3, -0.25) is 4.98 Å².